The van der Waals surface area contributed by atoms with Crippen molar-refractivity contribution in [3.63, 3.8) is 0 Å². The zero-order valence-corrected chi connectivity index (χ0v) is 11.1. The molecule has 2 heterocycles. The first kappa shape index (κ1) is 13.2. The molecule has 0 aliphatic carbocycles. The molecule has 0 saturated carbocycles. The Balaban J connectivity index is 1.82. The van der Waals surface area contributed by atoms with E-state index < -0.39 is 0 Å². The van der Waals surface area contributed by atoms with E-state index in [0.29, 0.717) is 25.1 Å². The third-order valence-electron chi connectivity index (χ3n) is 2.79. The molecule has 5 nitrogen and oxygen atoms in total. The lowest BCUT2D eigenvalue weighted by Crippen LogP contribution is -2.23. The molecule has 1 unspecified atom stereocenters. The molecule has 0 bridgehead atoms. The van der Waals surface area contributed by atoms with Crippen LogP contribution < -0.4 is 10.1 Å². The number of hydrogen-bond donors (Lipinski definition) is 1. The van der Waals surface area contributed by atoms with E-state index in [1.54, 1.807) is 12.4 Å². The van der Waals surface area contributed by atoms with Gasteiger partial charge < -0.3 is 14.8 Å². The maximum absolute atomic E-state index is 5.61. The zero-order valence-electron chi connectivity index (χ0n) is 11.1. The molecule has 0 amide bonds. The molecule has 100 valence electrons. The topological polar surface area (TPSA) is 56.3 Å². The maximum Gasteiger partial charge on any atom is 0.232 e. The van der Waals surface area contributed by atoms with Gasteiger partial charge in [-0.05, 0) is 12.8 Å². The van der Waals surface area contributed by atoms with Crippen molar-refractivity contribution >= 4 is 0 Å². The lowest BCUT2D eigenvalue weighted by Gasteiger charge is -2.11. The van der Waals surface area contributed by atoms with Crippen molar-refractivity contribution in [2.45, 2.75) is 45.4 Å². The number of nitrogens with zero attached hydrogens (tertiary/aromatic N) is 2. The molecule has 1 aromatic rings. The molecule has 1 aromatic heterocycles. The van der Waals surface area contributed by atoms with Crippen LogP contribution in [0, 0.1) is 0 Å². The van der Waals surface area contributed by atoms with Crippen LogP contribution in [0.4, 0.5) is 0 Å². The first-order valence-corrected chi connectivity index (χ1v) is 6.53. The van der Waals surface area contributed by atoms with Gasteiger partial charge in [-0.2, -0.15) is 0 Å². The van der Waals surface area contributed by atoms with Crippen LogP contribution in [0.1, 0.15) is 32.4 Å². The molecule has 1 saturated heterocycles. The Morgan fingerprint density at radius 1 is 1.50 bits per heavy atom. The van der Waals surface area contributed by atoms with Crippen LogP contribution in [0.15, 0.2) is 12.4 Å². The van der Waals surface area contributed by atoms with Crippen LogP contribution in [0.3, 0.4) is 0 Å². The largest absolute Gasteiger partial charge is 0.474 e. The SMILES string of the molecule is CC(C)NCc1cncc(OCC2CCCO2)n1. The quantitative estimate of drug-likeness (QED) is 0.831. The van der Waals surface area contributed by atoms with Crippen molar-refractivity contribution in [1.29, 1.82) is 0 Å². The summed E-state index contributed by atoms with van der Waals surface area (Å²) in [6, 6.07) is 0.434. The molecule has 1 aliphatic heterocycles. The smallest absolute Gasteiger partial charge is 0.232 e. The second-order valence-electron chi connectivity index (χ2n) is 4.83. The fraction of sp³-hybridized carbons (Fsp3) is 0.692. The molecule has 2 rings (SSSR count). The van der Waals surface area contributed by atoms with Crippen molar-refractivity contribution in [3.05, 3.63) is 18.1 Å². The first-order valence-electron chi connectivity index (χ1n) is 6.53. The van der Waals surface area contributed by atoms with Gasteiger partial charge in [0.25, 0.3) is 0 Å². The maximum atomic E-state index is 5.61. The average Bonchev–Trinajstić information content (AvgIpc) is 2.87. The monoisotopic (exact) mass is 251 g/mol. The van der Waals surface area contributed by atoms with E-state index in [1.165, 1.54) is 0 Å². The molecule has 18 heavy (non-hydrogen) atoms. The van der Waals surface area contributed by atoms with Gasteiger partial charge in [-0.3, -0.25) is 4.98 Å². The second-order valence-corrected chi connectivity index (χ2v) is 4.83. The van der Waals surface area contributed by atoms with E-state index in [1.807, 2.05) is 0 Å². The summed E-state index contributed by atoms with van der Waals surface area (Å²) in [7, 11) is 0. The molecule has 0 spiro atoms. The first-order chi connectivity index (χ1) is 8.74. The van der Waals surface area contributed by atoms with Crippen molar-refractivity contribution in [3.8, 4) is 5.88 Å². The van der Waals surface area contributed by atoms with Crippen molar-refractivity contribution in [2.24, 2.45) is 0 Å². The van der Waals surface area contributed by atoms with Gasteiger partial charge in [0.1, 0.15) is 6.61 Å². The third-order valence-corrected chi connectivity index (χ3v) is 2.79. The predicted octanol–water partition coefficient (Wildman–Crippen LogP) is 1.53. The fourth-order valence-electron chi connectivity index (χ4n) is 1.80. The zero-order chi connectivity index (χ0) is 12.8. The Morgan fingerprint density at radius 2 is 2.39 bits per heavy atom. The molecular weight excluding hydrogens is 230 g/mol. The van der Waals surface area contributed by atoms with E-state index >= 15 is 0 Å². The van der Waals surface area contributed by atoms with E-state index in [2.05, 4.69) is 29.1 Å². The Hall–Kier alpha value is -1.20. The molecule has 1 N–H and O–H groups in total. The fourth-order valence-corrected chi connectivity index (χ4v) is 1.80. The van der Waals surface area contributed by atoms with Gasteiger partial charge in [0.15, 0.2) is 0 Å². The Kier molecular flexibility index (Phi) is 4.90. The average molecular weight is 251 g/mol. The summed E-state index contributed by atoms with van der Waals surface area (Å²) in [5, 5.41) is 3.30. The number of aromatic nitrogens is 2. The van der Waals surface area contributed by atoms with Crippen LogP contribution in [0.2, 0.25) is 0 Å². The van der Waals surface area contributed by atoms with Gasteiger partial charge in [-0.15, -0.1) is 0 Å². The lowest BCUT2D eigenvalue weighted by atomic mass is 10.2. The summed E-state index contributed by atoms with van der Waals surface area (Å²) in [5.41, 5.74) is 0.897. The summed E-state index contributed by atoms with van der Waals surface area (Å²) < 4.78 is 11.1. The van der Waals surface area contributed by atoms with Crippen LogP contribution in [-0.4, -0.2) is 35.3 Å². The highest BCUT2D eigenvalue weighted by molar-refractivity contribution is 5.08. The number of ether oxygens (including phenoxy) is 2. The van der Waals surface area contributed by atoms with Crippen molar-refractivity contribution < 1.29 is 9.47 Å². The van der Waals surface area contributed by atoms with Gasteiger partial charge in [-0.25, -0.2) is 4.98 Å². The van der Waals surface area contributed by atoms with Gasteiger partial charge in [0, 0.05) is 25.4 Å². The van der Waals surface area contributed by atoms with Crippen molar-refractivity contribution in [2.75, 3.05) is 13.2 Å². The molecule has 1 atom stereocenters. The Bertz CT molecular complexity index is 365. The van der Waals surface area contributed by atoms with E-state index in [4.69, 9.17) is 9.47 Å². The summed E-state index contributed by atoms with van der Waals surface area (Å²) >= 11 is 0. The van der Waals surface area contributed by atoms with E-state index in [-0.39, 0.29) is 6.10 Å². The minimum Gasteiger partial charge on any atom is -0.474 e. The molecule has 1 aliphatic rings. The Morgan fingerprint density at radius 3 is 3.11 bits per heavy atom. The molecule has 0 aromatic carbocycles. The molecule has 1 fully saturated rings. The summed E-state index contributed by atoms with van der Waals surface area (Å²) in [5.74, 6) is 0.577. The van der Waals surface area contributed by atoms with Gasteiger partial charge in [0.05, 0.1) is 18.0 Å². The van der Waals surface area contributed by atoms with Crippen LogP contribution >= 0.6 is 0 Å². The van der Waals surface area contributed by atoms with Gasteiger partial charge in [-0.1, -0.05) is 13.8 Å². The number of nitrogens with one attached hydrogen (secondary N) is 1. The number of rotatable bonds is 6. The second kappa shape index (κ2) is 6.66. The van der Waals surface area contributed by atoms with E-state index in [0.717, 1.165) is 25.1 Å². The van der Waals surface area contributed by atoms with Crippen molar-refractivity contribution in [1.82, 2.24) is 15.3 Å². The molecule has 0 radical (unpaired) electrons. The van der Waals surface area contributed by atoms with Crippen LogP contribution in [0.25, 0.3) is 0 Å². The third kappa shape index (κ3) is 4.23. The number of hydrogen-bond acceptors (Lipinski definition) is 5. The van der Waals surface area contributed by atoms with Gasteiger partial charge >= 0.3 is 0 Å². The summed E-state index contributed by atoms with van der Waals surface area (Å²) in [6.07, 6.45) is 5.81. The summed E-state index contributed by atoms with van der Waals surface area (Å²) in [4.78, 5) is 8.54. The standard InChI is InChI=1S/C13H21N3O2/c1-10(2)15-7-11-6-14-8-13(16-11)18-9-12-4-3-5-17-12/h6,8,10,12,15H,3-5,7,9H2,1-2H3. The Labute approximate surface area is 108 Å². The molecular formula is C13H21N3O2. The normalized spacial score (nSPS) is 19.4. The van der Waals surface area contributed by atoms with Gasteiger partial charge in [0.2, 0.25) is 5.88 Å². The minimum atomic E-state index is 0.212. The highest BCUT2D eigenvalue weighted by atomic mass is 16.5. The highest BCUT2D eigenvalue weighted by Crippen LogP contribution is 2.13. The molecule has 5 heteroatoms. The summed E-state index contributed by atoms with van der Waals surface area (Å²) in [6.45, 7) is 6.33. The highest BCUT2D eigenvalue weighted by Gasteiger charge is 2.16. The van der Waals surface area contributed by atoms with E-state index in [9.17, 15) is 0 Å². The predicted molar refractivity (Wildman–Crippen MR) is 68.5 cm³/mol. The van der Waals surface area contributed by atoms with Crippen LogP contribution in [-0.2, 0) is 11.3 Å². The minimum absolute atomic E-state index is 0.212. The van der Waals surface area contributed by atoms with Crippen LogP contribution in [0.5, 0.6) is 5.88 Å². The lowest BCUT2D eigenvalue weighted by molar-refractivity contribution is 0.0661.